The number of nitrogens with zero attached hydrogens (tertiary/aromatic N) is 1. The Balaban J connectivity index is 1.47. The molecule has 0 amide bonds. The highest BCUT2D eigenvalue weighted by Gasteiger charge is 2.47. The summed E-state index contributed by atoms with van der Waals surface area (Å²) in [6.07, 6.45) is 0.365. The Morgan fingerprint density at radius 2 is 1.56 bits per heavy atom. The fourth-order valence-electron chi connectivity index (χ4n) is 6.56. The number of hydrogen-bond acceptors (Lipinski definition) is 5. The molecule has 2 atom stereocenters. The van der Waals surface area contributed by atoms with Crippen molar-refractivity contribution in [2.24, 2.45) is 0 Å². The molecule has 7 heteroatoms. The molecule has 2 aromatic carbocycles. The summed E-state index contributed by atoms with van der Waals surface area (Å²) in [5.74, 6) is 1.21. The van der Waals surface area contributed by atoms with Gasteiger partial charge in [0, 0.05) is 24.7 Å². The quantitative estimate of drug-likeness (QED) is 0.433. The Bertz CT molecular complexity index is 1010. The van der Waals surface area contributed by atoms with E-state index in [1.807, 2.05) is 18.2 Å². The van der Waals surface area contributed by atoms with Crippen LogP contribution in [0.1, 0.15) is 71.6 Å². The Kier molecular flexibility index (Phi) is 7.86. The zero-order valence-electron chi connectivity index (χ0n) is 22.5. The smallest absolute Gasteiger partial charge is 0.258 e. The minimum Gasteiger partial charge on any atom is -0.543 e. The lowest BCUT2D eigenvalue weighted by Gasteiger charge is -2.45. The summed E-state index contributed by atoms with van der Waals surface area (Å²) in [7, 11) is -2.09. The Hall–Kier alpha value is -1.93. The molecule has 0 aliphatic carbocycles. The third-order valence-corrected chi connectivity index (χ3v) is 14.6. The van der Waals surface area contributed by atoms with Crippen LogP contribution in [0.3, 0.4) is 0 Å². The van der Waals surface area contributed by atoms with Crippen molar-refractivity contribution < 1.29 is 23.8 Å². The lowest BCUT2D eigenvalue weighted by Crippen LogP contribution is -2.52. The van der Waals surface area contributed by atoms with E-state index in [1.54, 1.807) is 12.1 Å². The summed E-state index contributed by atoms with van der Waals surface area (Å²) < 4.78 is 26.3. The van der Waals surface area contributed by atoms with Crippen molar-refractivity contribution in [3.63, 3.8) is 0 Å². The molecule has 1 saturated heterocycles. The zero-order chi connectivity index (χ0) is 26.3. The first-order valence-corrected chi connectivity index (χ1v) is 15.5. The van der Waals surface area contributed by atoms with Crippen LogP contribution in [-0.2, 0) is 5.60 Å². The third kappa shape index (κ3) is 4.95. The molecule has 4 rings (SSSR count). The van der Waals surface area contributed by atoms with Crippen molar-refractivity contribution in [3.05, 3.63) is 59.4 Å². The van der Waals surface area contributed by atoms with Gasteiger partial charge in [0.05, 0.1) is 11.6 Å². The summed E-state index contributed by atoms with van der Waals surface area (Å²) in [6.45, 7) is 15.2. The summed E-state index contributed by atoms with van der Waals surface area (Å²) >= 11 is 0. The van der Waals surface area contributed by atoms with Crippen molar-refractivity contribution >= 4 is 8.32 Å². The molecule has 2 aliphatic heterocycles. The molecule has 0 saturated carbocycles. The summed E-state index contributed by atoms with van der Waals surface area (Å²) in [5, 5.41) is 22.4. The van der Waals surface area contributed by atoms with Gasteiger partial charge in [-0.2, -0.15) is 0 Å². The van der Waals surface area contributed by atoms with Crippen LogP contribution in [0.2, 0.25) is 16.6 Å². The number of ether oxygens (including phenoxy) is 1. The monoisotopic (exact) mass is 515 g/mol. The largest absolute Gasteiger partial charge is 0.543 e. The minimum atomic E-state index is -2.09. The third-order valence-electron chi connectivity index (χ3n) is 8.56. The van der Waals surface area contributed by atoms with Crippen LogP contribution < -0.4 is 9.16 Å². The van der Waals surface area contributed by atoms with Gasteiger partial charge < -0.3 is 19.4 Å². The van der Waals surface area contributed by atoms with E-state index in [-0.39, 0.29) is 11.9 Å². The molecule has 0 aromatic heterocycles. The van der Waals surface area contributed by atoms with Gasteiger partial charge in [-0.3, -0.25) is 4.90 Å². The van der Waals surface area contributed by atoms with Gasteiger partial charge in [-0.1, -0.05) is 53.7 Å². The average Bonchev–Trinajstić information content (AvgIpc) is 2.83. The highest BCUT2D eigenvalue weighted by atomic mass is 28.4. The Morgan fingerprint density at radius 3 is 2.11 bits per heavy atom. The van der Waals surface area contributed by atoms with E-state index >= 15 is 0 Å². The van der Waals surface area contributed by atoms with E-state index < -0.39 is 20.0 Å². The van der Waals surface area contributed by atoms with Crippen LogP contribution in [0.25, 0.3) is 0 Å². The van der Waals surface area contributed by atoms with Gasteiger partial charge in [-0.15, -0.1) is 0 Å². The normalized spacial score (nSPS) is 22.6. The number of benzene rings is 2. The van der Waals surface area contributed by atoms with Crippen LogP contribution in [0, 0.1) is 5.82 Å². The number of piperidine rings is 1. The second kappa shape index (κ2) is 10.4. The van der Waals surface area contributed by atoms with E-state index in [0.29, 0.717) is 54.9 Å². The van der Waals surface area contributed by atoms with E-state index in [2.05, 4.69) is 46.4 Å². The summed E-state index contributed by atoms with van der Waals surface area (Å²) in [4.78, 5) is 2.20. The maximum absolute atomic E-state index is 13.3. The highest BCUT2D eigenvalue weighted by molar-refractivity contribution is 6.78. The molecule has 0 spiro atoms. The van der Waals surface area contributed by atoms with E-state index in [0.717, 1.165) is 16.9 Å². The van der Waals surface area contributed by atoms with Crippen LogP contribution in [0.5, 0.6) is 11.5 Å². The fourth-order valence-corrected chi connectivity index (χ4v) is 11.8. The van der Waals surface area contributed by atoms with E-state index in [4.69, 9.17) is 9.16 Å². The van der Waals surface area contributed by atoms with Gasteiger partial charge in [0.2, 0.25) is 0 Å². The number of aliphatic hydroxyl groups excluding tert-OH is 1. The topological polar surface area (TPSA) is 62.2 Å². The van der Waals surface area contributed by atoms with Crippen molar-refractivity contribution in [2.45, 2.75) is 88.8 Å². The first-order chi connectivity index (χ1) is 17.0. The number of likely N-dealkylation sites (tertiary alicyclic amines) is 1. The van der Waals surface area contributed by atoms with Gasteiger partial charge >= 0.3 is 0 Å². The molecule has 1 fully saturated rings. The van der Waals surface area contributed by atoms with Crippen LogP contribution >= 0.6 is 0 Å². The first kappa shape index (κ1) is 27.1. The number of rotatable bonds is 7. The van der Waals surface area contributed by atoms with E-state index in [1.165, 1.54) is 12.1 Å². The molecular weight excluding hydrogens is 473 g/mol. The Morgan fingerprint density at radius 1 is 0.972 bits per heavy atom. The molecule has 198 valence electrons. The summed E-state index contributed by atoms with van der Waals surface area (Å²) in [6, 6.07) is 11.8. The van der Waals surface area contributed by atoms with Crippen LogP contribution in [0.15, 0.2) is 42.5 Å². The second-order valence-corrected chi connectivity index (χ2v) is 16.9. The Labute approximate surface area is 216 Å². The molecule has 2 aliphatic rings. The molecule has 2 N–H and O–H groups in total. The fraction of sp³-hybridized carbons (Fsp3) is 0.586. The highest BCUT2D eigenvalue weighted by Crippen LogP contribution is 2.45. The van der Waals surface area contributed by atoms with Gasteiger partial charge in [-0.25, -0.2) is 4.39 Å². The van der Waals surface area contributed by atoms with Crippen molar-refractivity contribution in [3.8, 4) is 11.5 Å². The molecule has 2 aromatic rings. The van der Waals surface area contributed by atoms with Gasteiger partial charge in [0.1, 0.15) is 30.0 Å². The minimum absolute atomic E-state index is 0.183. The average molecular weight is 516 g/mol. The van der Waals surface area contributed by atoms with Crippen molar-refractivity contribution in [1.82, 2.24) is 4.90 Å². The molecule has 0 radical (unpaired) electrons. The van der Waals surface area contributed by atoms with Crippen LogP contribution in [0.4, 0.5) is 4.39 Å². The number of hydrogen-bond donors (Lipinski definition) is 2. The van der Waals surface area contributed by atoms with Gasteiger partial charge in [-0.05, 0) is 59.3 Å². The standard InChI is InChI=1S/C29H42FNO4Si/c1-19(2)36(20(3)4,21(5)6)35-24-11-12-25-27(17-24)34-18-26(28(25)32)31-15-13-29(33,14-16-31)22-7-9-23(30)10-8-22/h7-12,17,19-21,26,28,32-33H,13-16,18H2,1-6H3/t26-,28+/m1/s1. The van der Waals surface area contributed by atoms with E-state index in [9.17, 15) is 14.6 Å². The maximum Gasteiger partial charge on any atom is 0.258 e. The predicted molar refractivity (Wildman–Crippen MR) is 143 cm³/mol. The van der Waals surface area contributed by atoms with Crippen molar-refractivity contribution in [2.75, 3.05) is 19.7 Å². The molecule has 5 nitrogen and oxygen atoms in total. The first-order valence-electron chi connectivity index (χ1n) is 13.3. The number of fused-ring (bicyclic) bond motifs is 1. The lowest BCUT2D eigenvalue weighted by molar-refractivity contribution is -0.0665. The molecule has 2 heterocycles. The summed E-state index contributed by atoms with van der Waals surface area (Å²) in [5.41, 5.74) is 1.95. The second-order valence-electron chi connectivity index (χ2n) is 11.5. The van der Waals surface area contributed by atoms with Gasteiger partial charge in [0.25, 0.3) is 8.32 Å². The lowest BCUT2D eigenvalue weighted by atomic mass is 9.83. The van der Waals surface area contributed by atoms with Crippen molar-refractivity contribution in [1.29, 1.82) is 0 Å². The van der Waals surface area contributed by atoms with Gasteiger partial charge in [0.15, 0.2) is 0 Å². The predicted octanol–water partition coefficient (Wildman–Crippen LogP) is 6.16. The zero-order valence-corrected chi connectivity index (χ0v) is 23.5. The number of aliphatic hydroxyl groups is 2. The molecule has 0 bridgehead atoms. The molecule has 36 heavy (non-hydrogen) atoms. The number of halogens is 1. The molecule has 0 unspecified atom stereocenters. The molecular formula is C29H42FNO4Si. The van der Waals surface area contributed by atoms with Crippen LogP contribution in [-0.4, -0.2) is 49.2 Å². The SMILES string of the molecule is CC(C)[Si](Oc1ccc2c(c1)OC[C@@H](N1CCC(O)(c3ccc(F)cc3)CC1)[C@H]2O)(C(C)C)C(C)C. The maximum atomic E-state index is 13.3.